The van der Waals surface area contributed by atoms with E-state index in [4.69, 9.17) is 4.74 Å². The highest BCUT2D eigenvalue weighted by molar-refractivity contribution is 7.99. The summed E-state index contributed by atoms with van der Waals surface area (Å²) in [7, 11) is 0. The van der Waals surface area contributed by atoms with Crippen LogP contribution in [0.5, 0.6) is 0 Å². The van der Waals surface area contributed by atoms with E-state index in [2.05, 4.69) is 10.6 Å². The zero-order chi connectivity index (χ0) is 11.3. The van der Waals surface area contributed by atoms with Crippen molar-refractivity contribution >= 4 is 17.7 Å². The van der Waals surface area contributed by atoms with Gasteiger partial charge in [-0.15, -0.1) is 11.8 Å². The third kappa shape index (κ3) is 4.40. The van der Waals surface area contributed by atoms with Crippen LogP contribution >= 0.6 is 11.8 Å². The summed E-state index contributed by atoms with van der Waals surface area (Å²) in [6.07, 6.45) is 0. The first-order chi connectivity index (χ1) is 7.05. The zero-order valence-electron chi connectivity index (χ0n) is 9.63. The Morgan fingerprint density at radius 1 is 1.67 bits per heavy atom. The number of carbonyl (C=O) groups excluding carboxylic acids is 1. The van der Waals surface area contributed by atoms with E-state index >= 15 is 0 Å². The Morgan fingerprint density at radius 3 is 2.93 bits per heavy atom. The van der Waals surface area contributed by atoms with Crippen LogP contribution in [0.25, 0.3) is 0 Å². The maximum atomic E-state index is 11.7. The number of ether oxygens (including phenoxy) is 1. The summed E-state index contributed by atoms with van der Waals surface area (Å²) in [5.74, 6) is 1.81. The van der Waals surface area contributed by atoms with E-state index in [9.17, 15) is 4.79 Å². The molecular formula is C10H20N2O2S. The van der Waals surface area contributed by atoms with Gasteiger partial charge in [-0.25, -0.2) is 0 Å². The second kappa shape index (κ2) is 5.72. The first kappa shape index (κ1) is 12.8. The van der Waals surface area contributed by atoms with Crippen LogP contribution in [0.2, 0.25) is 0 Å². The molecule has 0 aromatic carbocycles. The molecule has 15 heavy (non-hydrogen) atoms. The Bertz CT molecular complexity index is 215. The Morgan fingerprint density at radius 2 is 2.40 bits per heavy atom. The third-order valence-corrected chi connectivity index (χ3v) is 3.20. The number of rotatable bonds is 5. The Labute approximate surface area is 95.5 Å². The summed E-state index contributed by atoms with van der Waals surface area (Å²) in [4.78, 5) is 11.7. The minimum Gasteiger partial charge on any atom is -0.374 e. The summed E-state index contributed by atoms with van der Waals surface area (Å²) < 4.78 is 5.50. The lowest BCUT2D eigenvalue weighted by molar-refractivity contribution is -0.124. The normalized spacial score (nSPS) is 21.7. The Kier molecular flexibility index (Phi) is 4.89. The van der Waals surface area contributed by atoms with E-state index < -0.39 is 0 Å². The highest BCUT2D eigenvalue weighted by Gasteiger charge is 2.25. The van der Waals surface area contributed by atoms with E-state index in [1.165, 1.54) is 0 Å². The third-order valence-electron chi connectivity index (χ3n) is 2.26. The molecule has 1 unspecified atom stereocenters. The molecule has 1 heterocycles. The fourth-order valence-electron chi connectivity index (χ4n) is 1.43. The van der Waals surface area contributed by atoms with Gasteiger partial charge in [0.15, 0.2) is 0 Å². The molecule has 0 spiro atoms. The summed E-state index contributed by atoms with van der Waals surface area (Å²) in [6, 6.07) is -0.0348. The van der Waals surface area contributed by atoms with Gasteiger partial charge in [-0.3, -0.25) is 10.1 Å². The number of hydrogen-bond acceptors (Lipinski definition) is 4. The van der Waals surface area contributed by atoms with E-state index in [0.29, 0.717) is 13.2 Å². The lowest BCUT2D eigenvalue weighted by Crippen LogP contribution is -2.47. The van der Waals surface area contributed by atoms with E-state index in [1.807, 2.05) is 20.8 Å². The standard InChI is InChI=1S/C10H20N2O2S/c1-4-14-10(2,3)6-11-9(13)8-5-15-7-12-8/h8,12H,4-7H2,1-3H3,(H,11,13). The van der Waals surface area contributed by atoms with Crippen molar-refractivity contribution in [2.24, 2.45) is 0 Å². The molecule has 1 rings (SSSR count). The zero-order valence-corrected chi connectivity index (χ0v) is 10.4. The van der Waals surface area contributed by atoms with Crippen molar-refractivity contribution in [2.45, 2.75) is 32.4 Å². The number of thioether (sulfide) groups is 1. The van der Waals surface area contributed by atoms with Gasteiger partial charge >= 0.3 is 0 Å². The maximum Gasteiger partial charge on any atom is 0.238 e. The van der Waals surface area contributed by atoms with Crippen molar-refractivity contribution in [1.29, 1.82) is 0 Å². The molecule has 0 saturated carbocycles. The molecule has 0 aromatic heterocycles. The number of hydrogen-bond donors (Lipinski definition) is 2. The number of carbonyl (C=O) groups is 1. The van der Waals surface area contributed by atoms with Gasteiger partial charge < -0.3 is 10.1 Å². The van der Waals surface area contributed by atoms with Gasteiger partial charge in [0.25, 0.3) is 0 Å². The van der Waals surface area contributed by atoms with Crippen molar-refractivity contribution in [3.05, 3.63) is 0 Å². The van der Waals surface area contributed by atoms with Crippen LogP contribution in [0.4, 0.5) is 0 Å². The Hall–Kier alpha value is -0.260. The van der Waals surface area contributed by atoms with E-state index in [0.717, 1.165) is 11.6 Å². The molecule has 1 aliphatic rings. The van der Waals surface area contributed by atoms with Gasteiger partial charge in [0.1, 0.15) is 0 Å². The lowest BCUT2D eigenvalue weighted by atomic mass is 10.1. The van der Waals surface area contributed by atoms with Gasteiger partial charge in [-0.1, -0.05) is 0 Å². The molecule has 0 aliphatic carbocycles. The van der Waals surface area contributed by atoms with Crippen molar-refractivity contribution < 1.29 is 9.53 Å². The number of nitrogens with one attached hydrogen (secondary N) is 2. The molecule has 1 amide bonds. The maximum absolute atomic E-state index is 11.7. The highest BCUT2D eigenvalue weighted by atomic mass is 32.2. The lowest BCUT2D eigenvalue weighted by Gasteiger charge is -2.25. The molecular weight excluding hydrogens is 212 g/mol. The largest absolute Gasteiger partial charge is 0.374 e. The summed E-state index contributed by atoms with van der Waals surface area (Å²) in [5, 5.41) is 6.04. The van der Waals surface area contributed by atoms with Crippen LogP contribution in [0.1, 0.15) is 20.8 Å². The van der Waals surface area contributed by atoms with Crippen LogP contribution in [-0.4, -0.2) is 42.3 Å². The molecule has 0 radical (unpaired) electrons. The van der Waals surface area contributed by atoms with Crippen molar-refractivity contribution in [2.75, 3.05) is 24.8 Å². The predicted molar refractivity (Wildman–Crippen MR) is 63.0 cm³/mol. The monoisotopic (exact) mass is 232 g/mol. The SMILES string of the molecule is CCOC(C)(C)CNC(=O)C1CSCN1. The molecule has 0 bridgehead atoms. The molecule has 2 N–H and O–H groups in total. The van der Waals surface area contributed by atoms with Crippen LogP contribution in [0.3, 0.4) is 0 Å². The first-order valence-corrected chi connectivity index (χ1v) is 6.43. The van der Waals surface area contributed by atoms with Crippen LogP contribution in [-0.2, 0) is 9.53 Å². The van der Waals surface area contributed by atoms with Gasteiger partial charge in [0, 0.05) is 24.8 Å². The summed E-state index contributed by atoms with van der Waals surface area (Å²) in [5.41, 5.74) is -0.282. The average molecular weight is 232 g/mol. The van der Waals surface area contributed by atoms with Gasteiger partial charge in [0.2, 0.25) is 5.91 Å². The summed E-state index contributed by atoms with van der Waals surface area (Å²) >= 11 is 1.75. The smallest absolute Gasteiger partial charge is 0.238 e. The van der Waals surface area contributed by atoms with Gasteiger partial charge in [-0.05, 0) is 20.8 Å². The quantitative estimate of drug-likeness (QED) is 0.728. The molecule has 1 aliphatic heterocycles. The molecule has 4 nitrogen and oxygen atoms in total. The predicted octanol–water partition coefficient (Wildman–Crippen LogP) is 0.580. The molecule has 5 heteroatoms. The first-order valence-electron chi connectivity index (χ1n) is 5.28. The van der Waals surface area contributed by atoms with Gasteiger partial charge in [0.05, 0.1) is 11.6 Å². The van der Waals surface area contributed by atoms with E-state index in [1.54, 1.807) is 11.8 Å². The minimum atomic E-state index is -0.282. The highest BCUT2D eigenvalue weighted by Crippen LogP contribution is 2.10. The van der Waals surface area contributed by atoms with Crippen molar-refractivity contribution in [3.8, 4) is 0 Å². The molecule has 1 fully saturated rings. The topological polar surface area (TPSA) is 50.4 Å². The molecule has 1 saturated heterocycles. The summed E-state index contributed by atoms with van der Waals surface area (Å²) in [6.45, 7) is 7.14. The van der Waals surface area contributed by atoms with Crippen molar-refractivity contribution in [1.82, 2.24) is 10.6 Å². The molecule has 88 valence electrons. The second-order valence-corrected chi connectivity index (χ2v) is 5.21. The van der Waals surface area contributed by atoms with E-state index in [-0.39, 0.29) is 17.6 Å². The van der Waals surface area contributed by atoms with Crippen LogP contribution in [0.15, 0.2) is 0 Å². The molecule has 1 atom stereocenters. The fourth-order valence-corrected chi connectivity index (χ4v) is 2.37. The second-order valence-electron chi connectivity index (χ2n) is 4.18. The Balaban J connectivity index is 2.26. The molecule has 0 aromatic rings. The van der Waals surface area contributed by atoms with Gasteiger partial charge in [-0.2, -0.15) is 0 Å². The fraction of sp³-hybridized carbons (Fsp3) is 0.900. The number of amides is 1. The van der Waals surface area contributed by atoms with Crippen LogP contribution in [0, 0.1) is 0 Å². The van der Waals surface area contributed by atoms with Crippen LogP contribution < -0.4 is 10.6 Å². The minimum absolute atomic E-state index is 0.0348. The van der Waals surface area contributed by atoms with Crippen molar-refractivity contribution in [3.63, 3.8) is 0 Å². The average Bonchev–Trinajstić information content (AvgIpc) is 2.67.